The Labute approximate surface area is 148 Å². The first-order valence-electron chi connectivity index (χ1n) is 8.47. The van der Waals surface area contributed by atoms with Gasteiger partial charge in [-0.3, -0.25) is 10.1 Å². The van der Waals surface area contributed by atoms with Crippen molar-refractivity contribution in [3.05, 3.63) is 47.5 Å². The average molecular weight is 346 g/mol. The summed E-state index contributed by atoms with van der Waals surface area (Å²) in [7, 11) is 0. The van der Waals surface area contributed by atoms with Crippen molar-refractivity contribution in [2.24, 2.45) is 0 Å². The van der Waals surface area contributed by atoms with Crippen LogP contribution in [0, 0.1) is 12.7 Å². The molecule has 1 aromatic heterocycles. The van der Waals surface area contributed by atoms with Crippen molar-refractivity contribution in [3.63, 3.8) is 0 Å². The summed E-state index contributed by atoms with van der Waals surface area (Å²) < 4.78 is 14.9. The van der Waals surface area contributed by atoms with E-state index in [2.05, 4.69) is 15.7 Å². The molecule has 136 valence electrons. The van der Waals surface area contributed by atoms with E-state index >= 15 is 0 Å². The lowest BCUT2D eigenvalue weighted by molar-refractivity contribution is -0.124. The zero-order chi connectivity index (χ0) is 18.8. The number of aromatic nitrogens is 2. The summed E-state index contributed by atoms with van der Waals surface area (Å²) in [4.78, 5) is 12.2. The highest BCUT2D eigenvalue weighted by atomic mass is 19.1. The molecule has 2 atom stereocenters. The molecular weight excluding hydrogens is 319 g/mol. The van der Waals surface area contributed by atoms with E-state index in [-0.39, 0.29) is 29.3 Å². The van der Waals surface area contributed by atoms with E-state index in [9.17, 15) is 9.18 Å². The van der Waals surface area contributed by atoms with E-state index in [0.717, 1.165) is 16.9 Å². The highest BCUT2D eigenvalue weighted by Gasteiger charge is 2.22. The lowest BCUT2D eigenvalue weighted by atomic mass is 10.1. The van der Waals surface area contributed by atoms with Gasteiger partial charge in [0.05, 0.1) is 17.9 Å². The quantitative estimate of drug-likeness (QED) is 0.873. The van der Waals surface area contributed by atoms with E-state index in [4.69, 9.17) is 0 Å². The second-order valence-corrected chi connectivity index (χ2v) is 7.42. The summed E-state index contributed by atoms with van der Waals surface area (Å²) >= 11 is 0. The monoisotopic (exact) mass is 346 g/mol. The molecule has 25 heavy (non-hydrogen) atoms. The molecule has 2 rings (SSSR count). The number of hydrogen-bond acceptors (Lipinski definition) is 3. The van der Waals surface area contributed by atoms with E-state index in [1.165, 1.54) is 12.1 Å². The topological polar surface area (TPSA) is 59.0 Å². The van der Waals surface area contributed by atoms with Gasteiger partial charge >= 0.3 is 0 Å². The molecule has 0 radical (unpaired) electrons. The Morgan fingerprint density at radius 3 is 2.36 bits per heavy atom. The minimum Gasteiger partial charge on any atom is -0.350 e. The number of carbonyl (C=O) groups excluding carboxylic acids is 1. The van der Waals surface area contributed by atoms with Gasteiger partial charge in [0.25, 0.3) is 0 Å². The van der Waals surface area contributed by atoms with Crippen LogP contribution in [0.3, 0.4) is 0 Å². The van der Waals surface area contributed by atoms with Crippen LogP contribution in [0.1, 0.15) is 51.9 Å². The molecule has 6 heteroatoms. The number of nitrogens with zero attached hydrogens (tertiary/aromatic N) is 2. The fraction of sp³-hybridized carbons (Fsp3) is 0.474. The van der Waals surface area contributed by atoms with Crippen molar-refractivity contribution in [2.75, 3.05) is 0 Å². The SMILES string of the molecule is Cc1c([C@H](C)N[C@@H](C)C(=O)NC(C)(C)C)cnn1-c1ccc(F)cc1. The molecule has 2 N–H and O–H groups in total. The first-order chi connectivity index (χ1) is 11.6. The number of nitrogens with one attached hydrogen (secondary N) is 2. The van der Waals surface area contributed by atoms with Crippen LogP contribution >= 0.6 is 0 Å². The number of benzene rings is 1. The molecule has 0 unspecified atom stereocenters. The van der Waals surface area contributed by atoms with Crippen LogP contribution in [0.25, 0.3) is 5.69 Å². The van der Waals surface area contributed by atoms with Gasteiger partial charge in [-0.25, -0.2) is 9.07 Å². The Morgan fingerprint density at radius 1 is 1.20 bits per heavy atom. The predicted molar refractivity (Wildman–Crippen MR) is 97.2 cm³/mol. The fourth-order valence-electron chi connectivity index (χ4n) is 2.71. The van der Waals surface area contributed by atoms with Crippen molar-refractivity contribution in [2.45, 2.75) is 59.2 Å². The van der Waals surface area contributed by atoms with Gasteiger partial charge in [-0.1, -0.05) is 0 Å². The number of hydrogen-bond donors (Lipinski definition) is 2. The Bertz CT molecular complexity index is 731. The Hall–Kier alpha value is -2.21. The molecule has 2 aromatic rings. The summed E-state index contributed by atoms with van der Waals surface area (Å²) in [5.74, 6) is -0.314. The Morgan fingerprint density at radius 2 is 1.80 bits per heavy atom. The van der Waals surface area contributed by atoms with Gasteiger partial charge in [0.2, 0.25) is 5.91 Å². The molecule has 0 saturated carbocycles. The van der Waals surface area contributed by atoms with E-state index in [1.54, 1.807) is 23.0 Å². The zero-order valence-corrected chi connectivity index (χ0v) is 15.7. The van der Waals surface area contributed by atoms with Crippen LogP contribution in [-0.2, 0) is 4.79 Å². The number of rotatable bonds is 5. The summed E-state index contributed by atoms with van der Waals surface area (Å²) in [5.41, 5.74) is 2.49. The standard InChI is InChI=1S/C19H27FN4O/c1-12(22-13(2)18(25)23-19(4,5)6)17-11-21-24(14(17)3)16-9-7-15(20)8-10-16/h7-13,22H,1-6H3,(H,23,25)/t12-,13-/m0/s1. The summed E-state index contributed by atoms with van der Waals surface area (Å²) in [6.45, 7) is 11.7. The Balaban J connectivity index is 2.11. The summed E-state index contributed by atoms with van der Waals surface area (Å²) in [5, 5.41) is 10.7. The van der Waals surface area contributed by atoms with Gasteiger partial charge in [-0.2, -0.15) is 5.10 Å². The third-order valence-electron chi connectivity index (χ3n) is 3.98. The molecule has 1 amide bonds. The van der Waals surface area contributed by atoms with Crippen LogP contribution in [-0.4, -0.2) is 27.3 Å². The second-order valence-electron chi connectivity index (χ2n) is 7.42. The molecule has 5 nitrogen and oxygen atoms in total. The van der Waals surface area contributed by atoms with Crippen molar-refractivity contribution >= 4 is 5.91 Å². The lowest BCUT2D eigenvalue weighted by Crippen LogP contribution is -2.50. The molecule has 1 aromatic carbocycles. The normalized spacial score (nSPS) is 14.2. The van der Waals surface area contributed by atoms with Gasteiger partial charge in [-0.15, -0.1) is 0 Å². The smallest absolute Gasteiger partial charge is 0.237 e. The van der Waals surface area contributed by atoms with E-state index in [1.807, 2.05) is 41.5 Å². The number of carbonyl (C=O) groups is 1. The van der Waals surface area contributed by atoms with Crippen LogP contribution < -0.4 is 10.6 Å². The molecule has 0 saturated heterocycles. The molecular formula is C19H27FN4O. The van der Waals surface area contributed by atoms with E-state index < -0.39 is 0 Å². The second kappa shape index (κ2) is 7.35. The zero-order valence-electron chi connectivity index (χ0n) is 15.7. The number of halogens is 1. The molecule has 0 spiro atoms. The highest BCUT2D eigenvalue weighted by molar-refractivity contribution is 5.82. The molecule has 0 fully saturated rings. The molecule has 0 aliphatic rings. The minimum atomic E-state index is -0.331. The predicted octanol–water partition coefficient (Wildman–Crippen LogP) is 3.27. The van der Waals surface area contributed by atoms with Gasteiger partial charge in [-0.05, 0) is 65.8 Å². The minimum absolute atomic E-state index is 0.0390. The van der Waals surface area contributed by atoms with Crippen LogP contribution in [0.5, 0.6) is 0 Å². The van der Waals surface area contributed by atoms with E-state index in [0.29, 0.717) is 0 Å². The average Bonchev–Trinajstić information content (AvgIpc) is 2.88. The van der Waals surface area contributed by atoms with Crippen LogP contribution in [0.15, 0.2) is 30.5 Å². The maximum atomic E-state index is 13.1. The fourth-order valence-corrected chi connectivity index (χ4v) is 2.71. The first kappa shape index (κ1) is 19.1. The van der Waals surface area contributed by atoms with Gasteiger partial charge < -0.3 is 5.32 Å². The third kappa shape index (κ3) is 4.89. The number of amides is 1. The van der Waals surface area contributed by atoms with Gasteiger partial charge in [0, 0.05) is 22.8 Å². The third-order valence-corrected chi connectivity index (χ3v) is 3.98. The molecule has 1 heterocycles. The molecule has 0 aliphatic carbocycles. The van der Waals surface area contributed by atoms with Crippen LogP contribution in [0.2, 0.25) is 0 Å². The summed E-state index contributed by atoms with van der Waals surface area (Å²) in [6.07, 6.45) is 1.78. The maximum absolute atomic E-state index is 13.1. The first-order valence-corrected chi connectivity index (χ1v) is 8.47. The Kier molecular flexibility index (Phi) is 5.62. The molecule has 0 bridgehead atoms. The highest BCUT2D eigenvalue weighted by Crippen LogP contribution is 2.21. The van der Waals surface area contributed by atoms with Gasteiger partial charge in [0.1, 0.15) is 5.82 Å². The van der Waals surface area contributed by atoms with Crippen molar-refractivity contribution < 1.29 is 9.18 Å². The van der Waals surface area contributed by atoms with Crippen LogP contribution in [0.4, 0.5) is 4.39 Å². The lowest BCUT2D eigenvalue weighted by Gasteiger charge is -2.25. The maximum Gasteiger partial charge on any atom is 0.237 e. The van der Waals surface area contributed by atoms with Crippen molar-refractivity contribution in [1.82, 2.24) is 20.4 Å². The van der Waals surface area contributed by atoms with Crippen molar-refractivity contribution in [1.29, 1.82) is 0 Å². The largest absolute Gasteiger partial charge is 0.350 e. The van der Waals surface area contributed by atoms with Gasteiger partial charge in [0.15, 0.2) is 0 Å². The molecule has 0 aliphatic heterocycles. The van der Waals surface area contributed by atoms with Crippen molar-refractivity contribution in [3.8, 4) is 5.69 Å². The summed E-state index contributed by atoms with van der Waals surface area (Å²) in [6, 6.07) is 5.83.